The Labute approximate surface area is 101 Å². The van der Waals surface area contributed by atoms with Crippen LogP contribution >= 0.6 is 11.6 Å². The molecule has 1 heterocycles. The van der Waals surface area contributed by atoms with Gasteiger partial charge in [-0.1, -0.05) is 18.2 Å². The first-order chi connectivity index (χ1) is 8.08. The fourth-order valence-electron chi connectivity index (χ4n) is 1.58. The molecule has 0 aromatic carbocycles. The molecule has 0 bridgehead atoms. The van der Waals surface area contributed by atoms with Crippen molar-refractivity contribution in [2.24, 2.45) is 0 Å². The van der Waals surface area contributed by atoms with Crippen molar-refractivity contribution >= 4 is 23.1 Å². The van der Waals surface area contributed by atoms with Crippen LogP contribution in [0.4, 0.5) is 0 Å². The zero-order valence-corrected chi connectivity index (χ0v) is 9.52. The molecule has 2 rings (SSSR count). The summed E-state index contributed by atoms with van der Waals surface area (Å²) < 4.78 is 1.08. The Morgan fingerprint density at radius 1 is 1.71 bits per heavy atom. The van der Waals surface area contributed by atoms with Gasteiger partial charge in [0.25, 0.3) is 0 Å². The highest BCUT2D eigenvalue weighted by atomic mass is 35.5. The largest absolute Gasteiger partial charge is 0.480 e. The second kappa shape index (κ2) is 4.58. The Morgan fingerprint density at radius 3 is 3.06 bits per heavy atom. The third kappa shape index (κ3) is 2.47. The number of carbonyl (C=O) groups is 1. The van der Waals surface area contributed by atoms with Crippen LogP contribution in [0.1, 0.15) is 12.2 Å². The van der Waals surface area contributed by atoms with Crippen LogP contribution in [0.3, 0.4) is 0 Å². The van der Waals surface area contributed by atoms with Crippen molar-refractivity contribution in [3.63, 3.8) is 0 Å². The number of allylic oxidation sites excluding steroid dienone is 4. The molecule has 2 N–H and O–H groups in total. The van der Waals surface area contributed by atoms with Gasteiger partial charge in [-0.15, -0.1) is 11.6 Å². The van der Waals surface area contributed by atoms with Crippen molar-refractivity contribution in [1.29, 1.82) is 0 Å². The second-order valence-electron chi connectivity index (χ2n) is 3.60. The van der Waals surface area contributed by atoms with Crippen molar-refractivity contribution in [3.05, 3.63) is 34.5 Å². The summed E-state index contributed by atoms with van der Waals surface area (Å²) >= 11 is 5.88. The number of aromatic nitrogens is 3. The Kier molecular flexibility index (Phi) is 3.14. The maximum atomic E-state index is 11.4. The number of nitrogens with one attached hydrogen (secondary N) is 1. The van der Waals surface area contributed by atoms with Gasteiger partial charge in [0.1, 0.15) is 6.54 Å². The van der Waals surface area contributed by atoms with Crippen LogP contribution in [-0.4, -0.2) is 31.2 Å². The van der Waals surface area contributed by atoms with Crippen molar-refractivity contribution in [2.75, 3.05) is 0 Å². The van der Waals surface area contributed by atoms with Crippen molar-refractivity contribution in [3.8, 4) is 0 Å². The van der Waals surface area contributed by atoms with Gasteiger partial charge in [-0.05, 0) is 6.42 Å². The smallest absolute Gasteiger partial charge is 0.344 e. The van der Waals surface area contributed by atoms with E-state index in [0.717, 1.165) is 4.57 Å². The van der Waals surface area contributed by atoms with Crippen LogP contribution in [0.5, 0.6) is 0 Å². The third-order valence-corrected chi connectivity index (χ3v) is 2.68. The van der Waals surface area contributed by atoms with Gasteiger partial charge in [0.2, 0.25) is 0 Å². The quantitative estimate of drug-likeness (QED) is 0.775. The van der Waals surface area contributed by atoms with Gasteiger partial charge in [-0.25, -0.2) is 9.89 Å². The first-order valence-electron chi connectivity index (χ1n) is 4.97. The van der Waals surface area contributed by atoms with Crippen LogP contribution in [0.2, 0.25) is 0 Å². The molecule has 1 aromatic rings. The van der Waals surface area contributed by atoms with Gasteiger partial charge in [-0.2, -0.15) is 5.10 Å². The van der Waals surface area contributed by atoms with Gasteiger partial charge >= 0.3 is 11.7 Å². The number of carboxylic acids is 1. The molecule has 0 saturated carbocycles. The Bertz CT molecular complexity index is 555. The van der Waals surface area contributed by atoms with Crippen LogP contribution in [0.25, 0.3) is 5.57 Å². The van der Waals surface area contributed by atoms with Crippen LogP contribution in [0, 0.1) is 0 Å². The van der Waals surface area contributed by atoms with Gasteiger partial charge in [0.15, 0.2) is 5.82 Å². The summed E-state index contributed by atoms with van der Waals surface area (Å²) in [4.78, 5) is 22.0. The SMILES string of the molecule is O=C(O)Cn1c(C2=CCC(Cl)C=C2)n[nH]c1=O. The average molecular weight is 256 g/mol. The first kappa shape index (κ1) is 11.7. The highest BCUT2D eigenvalue weighted by Gasteiger charge is 2.16. The molecule has 0 aliphatic heterocycles. The molecule has 0 saturated heterocycles. The summed E-state index contributed by atoms with van der Waals surface area (Å²) in [6.07, 6.45) is 5.96. The molecular formula is C10H10ClN3O3. The summed E-state index contributed by atoms with van der Waals surface area (Å²) in [6, 6.07) is 0. The Morgan fingerprint density at radius 2 is 2.47 bits per heavy atom. The molecule has 7 heteroatoms. The van der Waals surface area contributed by atoms with Crippen LogP contribution < -0.4 is 5.69 Å². The lowest BCUT2D eigenvalue weighted by Gasteiger charge is -2.10. The van der Waals surface area contributed by atoms with E-state index in [1.54, 1.807) is 12.2 Å². The highest BCUT2D eigenvalue weighted by molar-refractivity contribution is 6.22. The Hall–Kier alpha value is -1.82. The van der Waals surface area contributed by atoms with E-state index in [1.807, 2.05) is 6.08 Å². The fraction of sp³-hybridized carbons (Fsp3) is 0.300. The molecule has 0 spiro atoms. The highest BCUT2D eigenvalue weighted by Crippen LogP contribution is 2.21. The molecule has 17 heavy (non-hydrogen) atoms. The average Bonchev–Trinajstić information content (AvgIpc) is 2.61. The van der Waals surface area contributed by atoms with Gasteiger partial charge in [0, 0.05) is 5.57 Å². The summed E-state index contributed by atoms with van der Waals surface area (Å²) in [5.41, 5.74) is 0.159. The summed E-state index contributed by atoms with van der Waals surface area (Å²) in [5, 5.41) is 14.7. The zero-order valence-electron chi connectivity index (χ0n) is 8.76. The fourth-order valence-corrected chi connectivity index (χ4v) is 1.74. The van der Waals surface area contributed by atoms with E-state index >= 15 is 0 Å². The zero-order chi connectivity index (χ0) is 12.4. The number of H-pyrrole nitrogens is 1. The van der Waals surface area contributed by atoms with E-state index in [-0.39, 0.29) is 5.38 Å². The van der Waals surface area contributed by atoms with E-state index < -0.39 is 18.2 Å². The minimum atomic E-state index is -1.09. The number of halogens is 1. The molecule has 90 valence electrons. The molecule has 0 fully saturated rings. The minimum absolute atomic E-state index is 0.0719. The van der Waals surface area contributed by atoms with E-state index in [0.29, 0.717) is 17.8 Å². The van der Waals surface area contributed by atoms with Gasteiger partial charge in [-0.3, -0.25) is 9.36 Å². The number of carboxylic acid groups (broad SMARTS) is 1. The number of hydrogen-bond acceptors (Lipinski definition) is 3. The number of alkyl halides is 1. The number of rotatable bonds is 3. The van der Waals surface area contributed by atoms with E-state index in [9.17, 15) is 9.59 Å². The summed E-state index contributed by atoms with van der Waals surface area (Å²) in [7, 11) is 0. The maximum absolute atomic E-state index is 11.4. The summed E-state index contributed by atoms with van der Waals surface area (Å²) in [6.45, 7) is -0.417. The number of hydrogen-bond donors (Lipinski definition) is 2. The number of aliphatic carboxylic acids is 1. The molecule has 0 radical (unpaired) electrons. The molecular weight excluding hydrogens is 246 g/mol. The first-order valence-corrected chi connectivity index (χ1v) is 5.41. The molecule has 1 unspecified atom stereocenters. The van der Waals surface area contributed by atoms with Crippen LogP contribution in [0.15, 0.2) is 23.0 Å². The number of nitrogens with zero attached hydrogens (tertiary/aromatic N) is 2. The van der Waals surface area contributed by atoms with Crippen LogP contribution in [-0.2, 0) is 11.3 Å². The lowest BCUT2D eigenvalue weighted by Crippen LogP contribution is -2.23. The standard InChI is InChI=1S/C10H10ClN3O3/c11-7-3-1-6(2-4-7)9-12-13-10(17)14(9)5-8(15)16/h1-3,7H,4-5H2,(H,13,17)(H,15,16). The van der Waals surface area contributed by atoms with E-state index in [4.69, 9.17) is 16.7 Å². The van der Waals surface area contributed by atoms with Crippen molar-refractivity contribution in [2.45, 2.75) is 18.3 Å². The van der Waals surface area contributed by atoms with Gasteiger partial charge < -0.3 is 5.11 Å². The lowest BCUT2D eigenvalue weighted by molar-refractivity contribution is -0.137. The third-order valence-electron chi connectivity index (χ3n) is 2.36. The summed E-state index contributed by atoms with van der Waals surface area (Å²) in [5.74, 6) is -0.775. The van der Waals surface area contributed by atoms with E-state index in [1.165, 1.54) is 0 Å². The normalized spacial score (nSPS) is 19.1. The predicted octanol–water partition coefficient (Wildman–Crippen LogP) is 0.607. The molecule has 1 aliphatic carbocycles. The minimum Gasteiger partial charge on any atom is -0.480 e. The molecule has 1 atom stereocenters. The lowest BCUT2D eigenvalue weighted by atomic mass is 10.1. The second-order valence-corrected chi connectivity index (χ2v) is 4.16. The van der Waals surface area contributed by atoms with Crippen molar-refractivity contribution in [1.82, 2.24) is 14.8 Å². The maximum Gasteiger partial charge on any atom is 0.344 e. The number of aromatic amines is 1. The topological polar surface area (TPSA) is 88.0 Å². The van der Waals surface area contributed by atoms with Crippen molar-refractivity contribution < 1.29 is 9.90 Å². The Balaban J connectivity index is 2.37. The molecule has 1 aliphatic rings. The van der Waals surface area contributed by atoms with Gasteiger partial charge in [0.05, 0.1) is 5.38 Å². The molecule has 6 nitrogen and oxygen atoms in total. The molecule has 0 amide bonds. The van der Waals surface area contributed by atoms with E-state index in [2.05, 4.69) is 10.2 Å². The monoisotopic (exact) mass is 255 g/mol. The predicted molar refractivity (Wildman–Crippen MR) is 61.9 cm³/mol. The molecule has 1 aromatic heterocycles.